The number of fused-ring (bicyclic) bond motifs is 1. The van der Waals surface area contributed by atoms with Crippen LogP contribution in [0.25, 0.3) is 11.0 Å². The molecule has 4 aromatic rings. The van der Waals surface area contributed by atoms with Crippen molar-refractivity contribution in [2.45, 2.75) is 13.3 Å². The zero-order valence-electron chi connectivity index (χ0n) is 18.8. The number of rotatable bonds is 9. The Kier molecular flexibility index (Phi) is 6.65. The zero-order chi connectivity index (χ0) is 25.2. The van der Waals surface area contributed by atoms with Crippen LogP contribution in [0.2, 0.25) is 0 Å². The SMILES string of the molecule is CCCS(=O)(=O)Nc1ccc(F)c(C(=O)c2c[nH]c3[nH+]cnc(Nc4cccc(OC)c4)c23)c1F. The molecule has 0 saturated carbocycles. The topological polar surface area (TPSA) is 127 Å². The second kappa shape index (κ2) is 9.66. The molecule has 2 heterocycles. The Morgan fingerprint density at radius 2 is 2.03 bits per heavy atom. The van der Waals surface area contributed by atoms with Gasteiger partial charge < -0.3 is 10.1 Å². The maximum absolute atomic E-state index is 15.2. The number of anilines is 3. The minimum Gasteiger partial charge on any atom is -0.497 e. The van der Waals surface area contributed by atoms with Crippen LogP contribution >= 0.6 is 0 Å². The molecule has 0 unspecified atom stereocenters. The number of sulfonamides is 1. The molecule has 0 radical (unpaired) electrons. The van der Waals surface area contributed by atoms with Crippen molar-refractivity contribution >= 4 is 44.0 Å². The van der Waals surface area contributed by atoms with Gasteiger partial charge in [0, 0.05) is 11.8 Å². The third-order valence-electron chi connectivity index (χ3n) is 5.15. The fourth-order valence-electron chi connectivity index (χ4n) is 3.58. The van der Waals surface area contributed by atoms with E-state index >= 15 is 4.39 Å². The summed E-state index contributed by atoms with van der Waals surface area (Å²) in [6.45, 7) is 1.65. The van der Waals surface area contributed by atoms with Crippen LogP contribution in [0.15, 0.2) is 48.9 Å². The van der Waals surface area contributed by atoms with E-state index in [1.54, 1.807) is 31.2 Å². The Labute approximate surface area is 199 Å². The van der Waals surface area contributed by atoms with Crippen LogP contribution < -0.4 is 19.8 Å². The summed E-state index contributed by atoms with van der Waals surface area (Å²) in [5.74, 6) is -2.84. The standard InChI is InChI=1S/C23H21F2N5O4S/c1-3-9-35(32,33)30-17-8-7-16(24)19(20(17)25)21(31)15-11-26-22-18(15)23(28-12-27-22)29-13-5-4-6-14(10-13)34-2/h4-8,10-12,30H,3,9H2,1-2H3,(H2,26,27,28,29)/p+1. The minimum atomic E-state index is -3.86. The van der Waals surface area contributed by atoms with Crippen LogP contribution in [-0.2, 0) is 10.0 Å². The summed E-state index contributed by atoms with van der Waals surface area (Å²) >= 11 is 0. The van der Waals surface area contributed by atoms with Gasteiger partial charge in [-0.1, -0.05) is 18.0 Å². The van der Waals surface area contributed by atoms with Crippen LogP contribution in [-0.4, -0.2) is 37.0 Å². The molecule has 182 valence electrons. The highest BCUT2D eigenvalue weighted by Gasteiger charge is 2.28. The van der Waals surface area contributed by atoms with Crippen LogP contribution in [0, 0.1) is 11.6 Å². The third kappa shape index (κ3) is 4.92. The van der Waals surface area contributed by atoms with Gasteiger partial charge in [-0.05, 0) is 30.7 Å². The number of carbonyl (C=O) groups excluding carboxylic acids is 1. The van der Waals surface area contributed by atoms with Crippen molar-refractivity contribution < 1.29 is 31.7 Å². The summed E-state index contributed by atoms with van der Waals surface area (Å²) in [6, 6.07) is 8.76. The molecule has 0 atom stereocenters. The largest absolute Gasteiger partial charge is 0.497 e. The predicted octanol–water partition coefficient (Wildman–Crippen LogP) is 3.79. The number of hydrogen-bond acceptors (Lipinski definition) is 6. The van der Waals surface area contributed by atoms with E-state index in [4.69, 9.17) is 4.74 Å². The van der Waals surface area contributed by atoms with E-state index < -0.39 is 38.7 Å². The number of aromatic amines is 2. The molecule has 0 spiro atoms. The van der Waals surface area contributed by atoms with E-state index in [1.165, 1.54) is 19.6 Å². The quantitative estimate of drug-likeness (QED) is 0.299. The van der Waals surface area contributed by atoms with Crippen molar-refractivity contribution in [3.05, 3.63) is 71.7 Å². The summed E-state index contributed by atoms with van der Waals surface area (Å²) in [5.41, 5.74) is -0.481. The molecule has 4 rings (SSSR count). The number of halogens is 2. The average Bonchev–Trinajstić information content (AvgIpc) is 3.26. The first-order chi connectivity index (χ1) is 16.7. The molecule has 0 aliphatic rings. The summed E-state index contributed by atoms with van der Waals surface area (Å²) in [4.78, 5) is 23.3. The first kappa shape index (κ1) is 24.1. The maximum Gasteiger partial charge on any atom is 0.236 e. The summed E-state index contributed by atoms with van der Waals surface area (Å²) in [6.07, 6.45) is 2.99. The number of nitrogens with one attached hydrogen (secondary N) is 4. The molecule has 0 fully saturated rings. The van der Waals surface area contributed by atoms with Gasteiger partial charge in [0.1, 0.15) is 17.0 Å². The second-order valence-electron chi connectivity index (χ2n) is 7.59. The van der Waals surface area contributed by atoms with Crippen molar-refractivity contribution in [2.75, 3.05) is 22.9 Å². The van der Waals surface area contributed by atoms with E-state index in [1.807, 2.05) is 0 Å². The minimum absolute atomic E-state index is 0.0684. The lowest BCUT2D eigenvalue weighted by Gasteiger charge is -2.11. The third-order valence-corrected chi connectivity index (χ3v) is 6.63. The molecular weight excluding hydrogens is 480 g/mol. The van der Waals surface area contributed by atoms with Crippen LogP contribution in [0.4, 0.5) is 26.0 Å². The number of methoxy groups -OCH3 is 1. The van der Waals surface area contributed by atoms with Crippen molar-refractivity contribution in [2.24, 2.45) is 0 Å². The van der Waals surface area contributed by atoms with Crippen LogP contribution in [0.3, 0.4) is 0 Å². The summed E-state index contributed by atoms with van der Waals surface area (Å²) in [5, 5.41) is 3.34. The highest BCUT2D eigenvalue weighted by molar-refractivity contribution is 7.92. The lowest BCUT2D eigenvalue weighted by atomic mass is 10.0. The van der Waals surface area contributed by atoms with Gasteiger partial charge in [-0.15, -0.1) is 0 Å². The van der Waals surface area contributed by atoms with Crippen molar-refractivity contribution in [3.63, 3.8) is 0 Å². The highest BCUT2D eigenvalue weighted by Crippen LogP contribution is 2.31. The first-order valence-corrected chi connectivity index (χ1v) is 12.2. The Balaban J connectivity index is 1.78. The lowest BCUT2D eigenvalue weighted by molar-refractivity contribution is -0.352. The van der Waals surface area contributed by atoms with Gasteiger partial charge in [-0.25, -0.2) is 22.2 Å². The highest BCUT2D eigenvalue weighted by atomic mass is 32.2. The summed E-state index contributed by atoms with van der Waals surface area (Å²) in [7, 11) is -2.34. The van der Waals surface area contributed by atoms with Crippen molar-refractivity contribution in [1.29, 1.82) is 0 Å². The molecule has 0 bridgehead atoms. The Morgan fingerprint density at radius 3 is 2.77 bits per heavy atom. The van der Waals surface area contributed by atoms with Crippen molar-refractivity contribution in [1.82, 2.24) is 9.97 Å². The normalized spacial score (nSPS) is 11.4. The fourth-order valence-corrected chi connectivity index (χ4v) is 4.71. The molecule has 0 aliphatic carbocycles. The molecule has 9 nitrogen and oxygen atoms in total. The first-order valence-electron chi connectivity index (χ1n) is 10.6. The van der Waals surface area contributed by atoms with Gasteiger partial charge in [0.2, 0.25) is 33.6 Å². The van der Waals surface area contributed by atoms with E-state index in [9.17, 15) is 17.6 Å². The number of benzene rings is 2. The van der Waals surface area contributed by atoms with E-state index in [0.717, 1.165) is 12.1 Å². The van der Waals surface area contributed by atoms with Gasteiger partial charge in [-0.2, -0.15) is 0 Å². The molecule has 0 aliphatic heterocycles. The van der Waals surface area contributed by atoms with Crippen LogP contribution in [0.5, 0.6) is 5.75 Å². The second-order valence-corrected chi connectivity index (χ2v) is 9.44. The van der Waals surface area contributed by atoms with Gasteiger partial charge in [0.05, 0.1) is 35.9 Å². The zero-order valence-corrected chi connectivity index (χ0v) is 19.6. The molecule has 0 amide bonds. The monoisotopic (exact) mass is 502 g/mol. The molecule has 4 N–H and O–H groups in total. The number of ether oxygens (including phenoxy) is 1. The molecule has 2 aromatic heterocycles. The number of hydrogen-bond donors (Lipinski definition) is 3. The van der Waals surface area contributed by atoms with E-state index in [0.29, 0.717) is 23.5 Å². The van der Waals surface area contributed by atoms with E-state index in [2.05, 4.69) is 25.0 Å². The Morgan fingerprint density at radius 1 is 1.23 bits per heavy atom. The average molecular weight is 503 g/mol. The lowest BCUT2D eigenvalue weighted by Crippen LogP contribution is -2.18. The molecule has 0 saturated heterocycles. The number of carbonyl (C=O) groups is 1. The van der Waals surface area contributed by atoms with Crippen LogP contribution in [0.1, 0.15) is 29.3 Å². The fraction of sp³-hybridized carbons (Fsp3) is 0.174. The Bertz CT molecular complexity index is 1520. The smallest absolute Gasteiger partial charge is 0.236 e. The van der Waals surface area contributed by atoms with Gasteiger partial charge in [-0.3, -0.25) is 14.5 Å². The number of aromatic nitrogens is 3. The number of ketones is 1. The molecular formula is C23H22F2N5O4S+. The van der Waals surface area contributed by atoms with Gasteiger partial charge in [0.15, 0.2) is 5.82 Å². The number of nitrogens with zero attached hydrogens (tertiary/aromatic N) is 1. The molecule has 35 heavy (non-hydrogen) atoms. The van der Waals surface area contributed by atoms with E-state index in [-0.39, 0.29) is 22.5 Å². The Hall–Kier alpha value is -4.06. The van der Waals surface area contributed by atoms with Gasteiger partial charge in [0.25, 0.3) is 0 Å². The molecule has 2 aromatic carbocycles. The number of H-pyrrole nitrogens is 2. The predicted molar refractivity (Wildman–Crippen MR) is 126 cm³/mol. The van der Waals surface area contributed by atoms with Gasteiger partial charge >= 0.3 is 0 Å². The van der Waals surface area contributed by atoms with Crippen molar-refractivity contribution in [3.8, 4) is 5.75 Å². The summed E-state index contributed by atoms with van der Waals surface area (Å²) < 4.78 is 61.4. The maximum atomic E-state index is 15.2. The molecule has 12 heteroatoms.